The topological polar surface area (TPSA) is 59.6 Å². The number of hydrogen-bond donors (Lipinski definition) is 2. The summed E-state index contributed by atoms with van der Waals surface area (Å²) in [4.78, 5) is 11.6. The summed E-state index contributed by atoms with van der Waals surface area (Å²) in [6.07, 6.45) is 2.67. The van der Waals surface area contributed by atoms with E-state index in [1.54, 1.807) is 7.11 Å². The third-order valence-electron chi connectivity index (χ3n) is 2.92. The second-order valence-electron chi connectivity index (χ2n) is 4.35. The third kappa shape index (κ3) is 8.69. The Kier molecular flexibility index (Phi) is 11.5. The first-order valence-corrected chi connectivity index (χ1v) is 6.37. The van der Waals surface area contributed by atoms with Gasteiger partial charge in [0.2, 0.25) is 5.91 Å². The summed E-state index contributed by atoms with van der Waals surface area (Å²) in [5.41, 5.74) is 0. The van der Waals surface area contributed by atoms with Crippen molar-refractivity contribution < 1.29 is 14.3 Å². The summed E-state index contributed by atoms with van der Waals surface area (Å²) in [7, 11) is 1.68. The molecule has 0 saturated carbocycles. The minimum atomic E-state index is 0. The van der Waals surface area contributed by atoms with Gasteiger partial charge >= 0.3 is 0 Å². The quantitative estimate of drug-likeness (QED) is 0.639. The van der Waals surface area contributed by atoms with Gasteiger partial charge in [0.25, 0.3) is 0 Å². The first-order valence-electron chi connectivity index (χ1n) is 6.37. The lowest BCUT2D eigenvalue weighted by Crippen LogP contribution is -2.34. The predicted octanol–water partition coefficient (Wildman–Crippen LogP) is 0.577. The lowest BCUT2D eigenvalue weighted by atomic mass is 9.96. The van der Waals surface area contributed by atoms with Gasteiger partial charge in [-0.05, 0) is 18.8 Å². The van der Waals surface area contributed by atoms with Crippen molar-refractivity contribution >= 4 is 18.3 Å². The molecule has 0 aliphatic carbocycles. The second kappa shape index (κ2) is 11.7. The monoisotopic (exact) mass is 280 g/mol. The van der Waals surface area contributed by atoms with Gasteiger partial charge in [-0.1, -0.05) is 0 Å². The van der Waals surface area contributed by atoms with Crippen molar-refractivity contribution in [2.75, 3.05) is 46.6 Å². The van der Waals surface area contributed by atoms with Crippen molar-refractivity contribution in [2.24, 2.45) is 5.92 Å². The van der Waals surface area contributed by atoms with Crippen LogP contribution in [0.25, 0.3) is 0 Å². The fourth-order valence-corrected chi connectivity index (χ4v) is 1.87. The molecule has 1 saturated heterocycles. The van der Waals surface area contributed by atoms with Crippen molar-refractivity contribution in [3.63, 3.8) is 0 Å². The summed E-state index contributed by atoms with van der Waals surface area (Å²) in [6.45, 7) is 4.62. The van der Waals surface area contributed by atoms with Crippen molar-refractivity contribution in [1.29, 1.82) is 0 Å². The number of carbonyl (C=O) groups excluding carboxylic acids is 1. The smallest absolute Gasteiger partial charge is 0.220 e. The van der Waals surface area contributed by atoms with Crippen molar-refractivity contribution in [1.82, 2.24) is 10.6 Å². The number of halogens is 1. The second-order valence-corrected chi connectivity index (χ2v) is 4.35. The molecule has 0 aromatic heterocycles. The fourth-order valence-electron chi connectivity index (χ4n) is 1.87. The maximum absolute atomic E-state index is 11.6. The Morgan fingerprint density at radius 3 is 2.67 bits per heavy atom. The van der Waals surface area contributed by atoms with Gasteiger partial charge in [-0.25, -0.2) is 0 Å². The summed E-state index contributed by atoms with van der Waals surface area (Å²) < 4.78 is 10.2. The molecule has 0 spiro atoms. The molecular formula is C12H25ClN2O3. The van der Waals surface area contributed by atoms with Gasteiger partial charge < -0.3 is 20.1 Å². The Labute approximate surface area is 115 Å². The molecule has 5 nitrogen and oxygen atoms in total. The molecule has 0 atom stereocenters. The lowest BCUT2D eigenvalue weighted by molar-refractivity contribution is -0.122. The van der Waals surface area contributed by atoms with Crippen LogP contribution in [-0.4, -0.2) is 52.5 Å². The molecule has 2 N–H and O–H groups in total. The van der Waals surface area contributed by atoms with Gasteiger partial charge in [0.05, 0.1) is 6.61 Å². The normalized spacial score (nSPS) is 16.1. The first-order chi connectivity index (χ1) is 8.33. The predicted molar refractivity (Wildman–Crippen MR) is 73.2 cm³/mol. The summed E-state index contributed by atoms with van der Waals surface area (Å²) in [6, 6.07) is 0. The molecule has 6 heteroatoms. The molecule has 0 aromatic carbocycles. The lowest BCUT2D eigenvalue weighted by Gasteiger charge is -2.21. The van der Waals surface area contributed by atoms with Gasteiger partial charge in [-0.2, -0.15) is 0 Å². The molecule has 1 amide bonds. The Hall–Kier alpha value is -0.360. The van der Waals surface area contributed by atoms with Crippen LogP contribution >= 0.6 is 12.4 Å². The molecule has 0 aromatic rings. The molecule has 0 bridgehead atoms. The van der Waals surface area contributed by atoms with E-state index in [9.17, 15) is 4.79 Å². The maximum Gasteiger partial charge on any atom is 0.220 e. The van der Waals surface area contributed by atoms with Crippen LogP contribution in [0.4, 0.5) is 0 Å². The zero-order valence-electron chi connectivity index (χ0n) is 11.1. The van der Waals surface area contributed by atoms with E-state index in [4.69, 9.17) is 9.47 Å². The maximum atomic E-state index is 11.6. The third-order valence-corrected chi connectivity index (χ3v) is 2.92. The van der Waals surface area contributed by atoms with Crippen molar-refractivity contribution in [2.45, 2.75) is 19.3 Å². The first kappa shape index (κ1) is 17.6. The van der Waals surface area contributed by atoms with Crippen LogP contribution in [0.5, 0.6) is 0 Å². The van der Waals surface area contributed by atoms with E-state index in [2.05, 4.69) is 10.6 Å². The van der Waals surface area contributed by atoms with E-state index in [1.165, 1.54) is 0 Å². The largest absolute Gasteiger partial charge is 0.383 e. The van der Waals surface area contributed by atoms with Crippen molar-refractivity contribution in [3.05, 3.63) is 0 Å². The van der Waals surface area contributed by atoms with Crippen LogP contribution in [0.3, 0.4) is 0 Å². The molecule has 0 unspecified atom stereocenters. The summed E-state index contributed by atoms with van der Waals surface area (Å²) in [5, 5.41) is 6.11. The SMILES string of the molecule is COCCNCCNC(=O)CC1CCOCC1.Cl. The van der Waals surface area contributed by atoms with E-state index in [1.807, 2.05) is 0 Å². The van der Waals surface area contributed by atoms with E-state index in [0.29, 0.717) is 25.5 Å². The molecule has 1 aliphatic heterocycles. The number of carbonyl (C=O) groups is 1. The highest BCUT2D eigenvalue weighted by molar-refractivity contribution is 5.85. The molecule has 18 heavy (non-hydrogen) atoms. The molecule has 108 valence electrons. The van der Waals surface area contributed by atoms with Gasteiger partial charge in [0.15, 0.2) is 0 Å². The average Bonchev–Trinajstić information content (AvgIpc) is 2.35. The van der Waals surface area contributed by atoms with E-state index >= 15 is 0 Å². The van der Waals surface area contributed by atoms with Crippen LogP contribution in [0.1, 0.15) is 19.3 Å². The molecule has 1 heterocycles. The molecule has 0 radical (unpaired) electrons. The highest BCUT2D eigenvalue weighted by Crippen LogP contribution is 2.17. The van der Waals surface area contributed by atoms with Crippen LogP contribution in [-0.2, 0) is 14.3 Å². The standard InChI is InChI=1S/C12H24N2O3.ClH/c1-16-9-6-13-4-5-14-12(15)10-11-2-7-17-8-3-11;/h11,13H,2-10H2,1H3,(H,14,15);1H. The Balaban J connectivity index is 0.00000289. The van der Waals surface area contributed by atoms with Gasteiger partial charge in [0, 0.05) is 46.4 Å². The van der Waals surface area contributed by atoms with E-state index in [-0.39, 0.29) is 18.3 Å². The molecule has 1 aliphatic rings. The highest BCUT2D eigenvalue weighted by atomic mass is 35.5. The summed E-state index contributed by atoms with van der Waals surface area (Å²) in [5.74, 6) is 0.663. The Morgan fingerprint density at radius 2 is 2.00 bits per heavy atom. The molecular weight excluding hydrogens is 256 g/mol. The summed E-state index contributed by atoms with van der Waals surface area (Å²) >= 11 is 0. The number of hydrogen-bond acceptors (Lipinski definition) is 4. The number of ether oxygens (including phenoxy) is 2. The van der Waals surface area contributed by atoms with Gasteiger partial charge in [-0.3, -0.25) is 4.79 Å². The Bertz CT molecular complexity index is 211. The minimum absolute atomic E-state index is 0. The van der Waals surface area contributed by atoms with Crippen LogP contribution in [0, 0.1) is 5.92 Å². The van der Waals surface area contributed by atoms with Gasteiger partial charge in [-0.15, -0.1) is 12.4 Å². The fraction of sp³-hybridized carbons (Fsp3) is 0.917. The van der Waals surface area contributed by atoms with E-state index in [0.717, 1.165) is 39.1 Å². The van der Waals surface area contributed by atoms with E-state index < -0.39 is 0 Å². The number of methoxy groups -OCH3 is 1. The average molecular weight is 281 g/mol. The number of amides is 1. The Morgan fingerprint density at radius 1 is 1.28 bits per heavy atom. The van der Waals surface area contributed by atoms with Crippen LogP contribution in [0.2, 0.25) is 0 Å². The number of rotatable bonds is 8. The number of nitrogens with one attached hydrogen (secondary N) is 2. The van der Waals surface area contributed by atoms with Gasteiger partial charge in [0.1, 0.15) is 0 Å². The highest BCUT2D eigenvalue weighted by Gasteiger charge is 2.16. The molecule has 1 rings (SSSR count). The zero-order valence-corrected chi connectivity index (χ0v) is 11.9. The van der Waals surface area contributed by atoms with Crippen molar-refractivity contribution in [3.8, 4) is 0 Å². The molecule has 1 fully saturated rings. The minimum Gasteiger partial charge on any atom is -0.383 e. The zero-order chi connectivity index (χ0) is 12.3. The van der Waals surface area contributed by atoms with Crippen LogP contribution < -0.4 is 10.6 Å². The van der Waals surface area contributed by atoms with Crippen LogP contribution in [0.15, 0.2) is 0 Å².